The maximum Gasteiger partial charge on any atom is 0.257 e. The molecule has 1 amide bonds. The molecule has 0 atom stereocenters. The summed E-state index contributed by atoms with van der Waals surface area (Å²) in [5, 5.41) is 7.80. The predicted molar refractivity (Wildman–Crippen MR) is 101 cm³/mol. The molecule has 1 aromatic carbocycles. The smallest absolute Gasteiger partial charge is 0.257 e. The van der Waals surface area contributed by atoms with E-state index in [2.05, 4.69) is 20.1 Å². The van der Waals surface area contributed by atoms with E-state index in [1.807, 2.05) is 13.8 Å². The maximum absolute atomic E-state index is 12.5. The number of nitrogens with zero attached hydrogens (tertiary/aromatic N) is 3. The maximum atomic E-state index is 12.5. The van der Waals surface area contributed by atoms with Gasteiger partial charge >= 0.3 is 0 Å². The highest BCUT2D eigenvalue weighted by atomic mass is 32.2. The van der Waals surface area contributed by atoms with Crippen LogP contribution in [0.5, 0.6) is 0 Å². The number of hydrogen-bond acceptors (Lipinski definition) is 5. The number of carbonyl (C=O) groups excluding carboxylic acids is 1. The molecule has 0 spiro atoms. The molecule has 26 heavy (non-hydrogen) atoms. The van der Waals surface area contributed by atoms with Crippen molar-refractivity contribution in [1.29, 1.82) is 0 Å². The minimum absolute atomic E-state index is 0.171. The van der Waals surface area contributed by atoms with Gasteiger partial charge in [0.15, 0.2) is 5.65 Å². The fraction of sp³-hybridized carbons (Fsp3) is 0.235. The second-order valence-electron chi connectivity index (χ2n) is 6.23. The summed E-state index contributed by atoms with van der Waals surface area (Å²) in [5.74, 6) is -0.340. The topological polar surface area (TPSA) is 106 Å². The van der Waals surface area contributed by atoms with E-state index in [0.717, 1.165) is 17.3 Å². The molecule has 0 aliphatic rings. The van der Waals surface area contributed by atoms with Gasteiger partial charge in [-0.1, -0.05) is 6.07 Å². The lowest BCUT2D eigenvalue weighted by molar-refractivity contribution is 0.102. The van der Waals surface area contributed by atoms with Crippen LogP contribution >= 0.6 is 0 Å². The average Bonchev–Trinajstić information content (AvgIpc) is 2.96. The number of aromatic nitrogens is 3. The van der Waals surface area contributed by atoms with Crippen molar-refractivity contribution in [2.45, 2.75) is 19.9 Å². The molecular weight excluding hydrogens is 354 g/mol. The number of sulfonamides is 1. The molecule has 2 N–H and O–H groups in total. The minimum atomic E-state index is -3.39. The zero-order valence-corrected chi connectivity index (χ0v) is 15.4. The van der Waals surface area contributed by atoms with Crippen LogP contribution in [0.4, 0.5) is 11.4 Å². The number of benzene rings is 1. The van der Waals surface area contributed by atoms with Crippen molar-refractivity contribution in [3.05, 3.63) is 48.3 Å². The molecule has 0 aliphatic heterocycles. The van der Waals surface area contributed by atoms with Gasteiger partial charge in [-0.25, -0.2) is 18.1 Å². The van der Waals surface area contributed by atoms with Crippen LogP contribution in [0.1, 0.15) is 30.2 Å². The molecule has 9 heteroatoms. The molecule has 0 saturated carbocycles. The molecule has 3 rings (SSSR count). The van der Waals surface area contributed by atoms with Crippen molar-refractivity contribution in [2.75, 3.05) is 16.3 Å². The Kier molecular flexibility index (Phi) is 4.64. The molecule has 136 valence electrons. The zero-order chi connectivity index (χ0) is 18.9. The number of fused-ring (bicyclic) bond motifs is 1. The van der Waals surface area contributed by atoms with Crippen molar-refractivity contribution in [2.24, 2.45) is 0 Å². The highest BCUT2D eigenvalue weighted by Crippen LogP contribution is 2.19. The Bertz CT molecular complexity index is 1070. The number of carbonyl (C=O) groups is 1. The third-order valence-corrected chi connectivity index (χ3v) is 4.21. The van der Waals surface area contributed by atoms with E-state index < -0.39 is 10.0 Å². The predicted octanol–water partition coefficient (Wildman–Crippen LogP) is 2.64. The summed E-state index contributed by atoms with van der Waals surface area (Å²) in [6.45, 7) is 4.01. The molecule has 2 aromatic heterocycles. The van der Waals surface area contributed by atoms with Crippen molar-refractivity contribution >= 4 is 38.3 Å². The first kappa shape index (κ1) is 17.9. The standard InChI is InChI=1S/C17H19N5O3S/c1-11(2)22-16-12(10-19-22)7-13(9-18-16)17(23)20-14-5-4-6-15(8-14)21-26(3,24)25/h4-11,21H,1-3H3,(H,20,23). The van der Waals surface area contributed by atoms with E-state index in [1.165, 1.54) is 6.20 Å². The first-order valence-corrected chi connectivity index (χ1v) is 9.84. The number of nitrogens with one attached hydrogen (secondary N) is 2. The van der Waals surface area contributed by atoms with Gasteiger partial charge in [0.05, 0.1) is 23.7 Å². The normalized spacial score (nSPS) is 11.7. The molecule has 0 bridgehead atoms. The molecular formula is C17H19N5O3S. The van der Waals surface area contributed by atoms with E-state index in [9.17, 15) is 13.2 Å². The van der Waals surface area contributed by atoms with Crippen LogP contribution < -0.4 is 10.0 Å². The van der Waals surface area contributed by atoms with Crippen LogP contribution in [-0.2, 0) is 10.0 Å². The van der Waals surface area contributed by atoms with Crippen LogP contribution in [0.3, 0.4) is 0 Å². The number of pyridine rings is 1. The SMILES string of the molecule is CC(C)n1ncc2cc(C(=O)Nc3cccc(NS(C)(=O)=O)c3)cnc21. The van der Waals surface area contributed by atoms with E-state index in [1.54, 1.807) is 41.2 Å². The monoisotopic (exact) mass is 373 g/mol. The lowest BCUT2D eigenvalue weighted by atomic mass is 10.2. The summed E-state index contributed by atoms with van der Waals surface area (Å²) >= 11 is 0. The van der Waals surface area contributed by atoms with Gasteiger partial charge in [-0.15, -0.1) is 0 Å². The second-order valence-corrected chi connectivity index (χ2v) is 7.98. The molecule has 2 heterocycles. The van der Waals surface area contributed by atoms with Gasteiger partial charge in [-0.2, -0.15) is 5.10 Å². The van der Waals surface area contributed by atoms with Crippen LogP contribution in [0.2, 0.25) is 0 Å². The quantitative estimate of drug-likeness (QED) is 0.715. The molecule has 0 radical (unpaired) electrons. The number of hydrogen-bond donors (Lipinski definition) is 2. The first-order valence-electron chi connectivity index (χ1n) is 7.95. The molecule has 0 aliphatic carbocycles. The van der Waals surface area contributed by atoms with Crippen molar-refractivity contribution in [3.8, 4) is 0 Å². The Morgan fingerprint density at radius 2 is 1.88 bits per heavy atom. The van der Waals surface area contributed by atoms with Gasteiger partial charge in [-0.3, -0.25) is 9.52 Å². The average molecular weight is 373 g/mol. The van der Waals surface area contributed by atoms with Gasteiger partial charge in [-0.05, 0) is 38.1 Å². The molecule has 0 fully saturated rings. The second kappa shape index (κ2) is 6.75. The summed E-state index contributed by atoms with van der Waals surface area (Å²) in [7, 11) is -3.39. The third kappa shape index (κ3) is 3.99. The number of rotatable bonds is 5. The summed E-state index contributed by atoms with van der Waals surface area (Å²) < 4.78 is 26.8. The first-order chi connectivity index (χ1) is 12.2. The van der Waals surface area contributed by atoms with Crippen molar-refractivity contribution < 1.29 is 13.2 Å². The zero-order valence-electron chi connectivity index (χ0n) is 14.6. The molecule has 0 unspecified atom stereocenters. The summed E-state index contributed by atoms with van der Waals surface area (Å²) in [6, 6.07) is 8.37. The fourth-order valence-corrected chi connectivity index (χ4v) is 3.08. The van der Waals surface area contributed by atoms with Gasteiger partial charge in [0.25, 0.3) is 5.91 Å². The number of amides is 1. The Morgan fingerprint density at radius 1 is 1.15 bits per heavy atom. The van der Waals surface area contributed by atoms with Crippen LogP contribution in [0.25, 0.3) is 11.0 Å². The number of anilines is 2. The summed E-state index contributed by atoms with van der Waals surface area (Å²) in [4.78, 5) is 16.8. The Morgan fingerprint density at radius 3 is 2.58 bits per heavy atom. The van der Waals surface area contributed by atoms with E-state index in [0.29, 0.717) is 16.9 Å². The molecule has 8 nitrogen and oxygen atoms in total. The lowest BCUT2D eigenvalue weighted by Crippen LogP contribution is -2.13. The van der Waals surface area contributed by atoms with Crippen LogP contribution in [0, 0.1) is 0 Å². The summed E-state index contributed by atoms with van der Waals surface area (Å²) in [6.07, 6.45) is 4.24. The van der Waals surface area contributed by atoms with Gasteiger partial charge in [0.1, 0.15) is 0 Å². The van der Waals surface area contributed by atoms with E-state index in [4.69, 9.17) is 0 Å². The fourth-order valence-electron chi connectivity index (χ4n) is 2.52. The van der Waals surface area contributed by atoms with Gasteiger partial charge in [0.2, 0.25) is 10.0 Å². The van der Waals surface area contributed by atoms with Gasteiger partial charge in [0, 0.05) is 23.3 Å². The largest absolute Gasteiger partial charge is 0.322 e. The minimum Gasteiger partial charge on any atom is -0.322 e. The van der Waals surface area contributed by atoms with Crippen molar-refractivity contribution in [3.63, 3.8) is 0 Å². The van der Waals surface area contributed by atoms with Gasteiger partial charge < -0.3 is 5.32 Å². The molecule has 3 aromatic rings. The Hall–Kier alpha value is -2.94. The van der Waals surface area contributed by atoms with E-state index in [-0.39, 0.29) is 11.9 Å². The van der Waals surface area contributed by atoms with Crippen LogP contribution in [-0.4, -0.2) is 35.3 Å². The Labute approximate surface area is 151 Å². The molecule has 0 saturated heterocycles. The summed E-state index contributed by atoms with van der Waals surface area (Å²) in [5.41, 5.74) is 1.96. The highest BCUT2D eigenvalue weighted by Gasteiger charge is 2.12. The Balaban J connectivity index is 1.82. The van der Waals surface area contributed by atoms with Crippen LogP contribution in [0.15, 0.2) is 42.7 Å². The highest BCUT2D eigenvalue weighted by molar-refractivity contribution is 7.92. The lowest BCUT2D eigenvalue weighted by Gasteiger charge is -2.09. The van der Waals surface area contributed by atoms with E-state index >= 15 is 0 Å². The van der Waals surface area contributed by atoms with Crippen molar-refractivity contribution in [1.82, 2.24) is 14.8 Å². The third-order valence-electron chi connectivity index (χ3n) is 3.61.